The summed E-state index contributed by atoms with van der Waals surface area (Å²) in [5.74, 6) is 0.272. The number of aryl methyl sites for hydroxylation is 1. The molecule has 0 aliphatic heterocycles. The Hall–Kier alpha value is -1.49. The van der Waals surface area contributed by atoms with Gasteiger partial charge in [0.15, 0.2) is 0 Å². The summed E-state index contributed by atoms with van der Waals surface area (Å²) in [6.07, 6.45) is -4.32. The van der Waals surface area contributed by atoms with Gasteiger partial charge < -0.3 is 0 Å². The molecule has 0 aliphatic rings. The molecule has 0 saturated heterocycles. The molecule has 0 unspecified atom stereocenters. The van der Waals surface area contributed by atoms with E-state index in [-0.39, 0.29) is 5.88 Å². The molecule has 0 saturated carbocycles. The quantitative estimate of drug-likeness (QED) is 0.759. The predicted molar refractivity (Wildman–Crippen MR) is 62.9 cm³/mol. The Kier molecular flexibility index (Phi) is 3.34. The molecule has 6 heteroatoms. The van der Waals surface area contributed by atoms with E-state index in [9.17, 15) is 13.2 Å². The minimum Gasteiger partial charge on any atom is -0.238 e. The maximum Gasteiger partial charge on any atom is 0.416 e. The van der Waals surface area contributed by atoms with E-state index < -0.39 is 11.7 Å². The Balaban J connectivity index is 2.37. The van der Waals surface area contributed by atoms with Crippen molar-refractivity contribution in [2.75, 3.05) is 0 Å². The second-order valence-electron chi connectivity index (χ2n) is 3.87. The van der Waals surface area contributed by atoms with Crippen LogP contribution in [-0.4, -0.2) is 9.78 Å². The lowest BCUT2D eigenvalue weighted by Crippen LogP contribution is -2.05. The summed E-state index contributed by atoms with van der Waals surface area (Å²) in [5.41, 5.74) is 1.42. The number of halogens is 4. The van der Waals surface area contributed by atoms with Crippen LogP contribution < -0.4 is 0 Å². The molecule has 0 bridgehead atoms. The molecular weight excluding hydrogens is 265 g/mol. The summed E-state index contributed by atoms with van der Waals surface area (Å²) in [4.78, 5) is 0. The fraction of sp³-hybridized carbons (Fsp3) is 0.250. The number of alkyl halides is 4. The molecular formula is C12H10ClF3N2. The Morgan fingerprint density at radius 2 is 1.83 bits per heavy atom. The summed E-state index contributed by atoms with van der Waals surface area (Å²) in [6.45, 7) is 1.82. The molecule has 1 aromatic heterocycles. The Bertz CT molecular complexity index is 543. The zero-order valence-electron chi connectivity index (χ0n) is 9.50. The van der Waals surface area contributed by atoms with Gasteiger partial charge in [0.25, 0.3) is 0 Å². The van der Waals surface area contributed by atoms with Crippen LogP contribution in [0.2, 0.25) is 0 Å². The lowest BCUT2D eigenvalue weighted by atomic mass is 10.2. The van der Waals surface area contributed by atoms with Crippen molar-refractivity contribution in [2.24, 2.45) is 0 Å². The molecule has 2 rings (SSSR count). The highest BCUT2D eigenvalue weighted by Gasteiger charge is 2.30. The number of aromatic nitrogens is 2. The van der Waals surface area contributed by atoms with Gasteiger partial charge in [0.1, 0.15) is 0 Å². The third kappa shape index (κ3) is 2.51. The summed E-state index contributed by atoms with van der Waals surface area (Å²) in [6, 6.07) is 6.65. The number of nitrogens with zero attached hydrogens (tertiary/aromatic N) is 2. The van der Waals surface area contributed by atoms with Gasteiger partial charge in [-0.05, 0) is 37.3 Å². The van der Waals surface area contributed by atoms with Crippen molar-refractivity contribution < 1.29 is 13.2 Å². The monoisotopic (exact) mass is 274 g/mol. The first-order valence-electron chi connectivity index (χ1n) is 5.21. The van der Waals surface area contributed by atoms with Crippen molar-refractivity contribution in [3.8, 4) is 5.69 Å². The van der Waals surface area contributed by atoms with Crippen LogP contribution in [0.1, 0.15) is 17.0 Å². The van der Waals surface area contributed by atoms with Gasteiger partial charge in [0, 0.05) is 5.69 Å². The first-order valence-corrected chi connectivity index (χ1v) is 5.74. The minimum atomic E-state index is -4.32. The van der Waals surface area contributed by atoms with Crippen molar-refractivity contribution >= 4 is 11.6 Å². The summed E-state index contributed by atoms with van der Waals surface area (Å²) >= 11 is 5.66. The topological polar surface area (TPSA) is 17.8 Å². The minimum absolute atomic E-state index is 0.272. The second-order valence-corrected chi connectivity index (χ2v) is 4.13. The standard InChI is InChI=1S/C12H10ClF3N2/c1-8-6-10(7-13)17-18(8)11-4-2-9(3-5-11)12(14,15)16/h2-6H,7H2,1H3. The highest BCUT2D eigenvalue weighted by atomic mass is 35.5. The molecule has 96 valence electrons. The number of benzene rings is 1. The van der Waals surface area contributed by atoms with Gasteiger partial charge in [-0.25, -0.2) is 4.68 Å². The van der Waals surface area contributed by atoms with Crippen molar-refractivity contribution in [3.63, 3.8) is 0 Å². The molecule has 0 spiro atoms. The largest absolute Gasteiger partial charge is 0.416 e. The lowest BCUT2D eigenvalue weighted by molar-refractivity contribution is -0.137. The molecule has 0 N–H and O–H groups in total. The fourth-order valence-corrected chi connectivity index (χ4v) is 1.79. The maximum absolute atomic E-state index is 12.4. The fourth-order valence-electron chi connectivity index (χ4n) is 1.66. The molecule has 2 aromatic rings. The van der Waals surface area contributed by atoms with Crippen LogP contribution in [0.15, 0.2) is 30.3 Å². The van der Waals surface area contributed by atoms with Crippen molar-refractivity contribution in [3.05, 3.63) is 47.3 Å². The van der Waals surface area contributed by atoms with Crippen molar-refractivity contribution in [1.29, 1.82) is 0 Å². The van der Waals surface area contributed by atoms with Crippen LogP contribution in [0.3, 0.4) is 0 Å². The van der Waals surface area contributed by atoms with Gasteiger partial charge >= 0.3 is 6.18 Å². The smallest absolute Gasteiger partial charge is 0.238 e. The van der Waals surface area contributed by atoms with Gasteiger partial charge in [0.2, 0.25) is 0 Å². The molecule has 0 atom stereocenters. The van der Waals surface area contributed by atoms with Gasteiger partial charge in [-0.2, -0.15) is 18.3 Å². The van der Waals surface area contributed by atoms with E-state index in [0.717, 1.165) is 17.8 Å². The summed E-state index contributed by atoms with van der Waals surface area (Å²) in [5, 5.41) is 4.19. The van der Waals surface area contributed by atoms with E-state index in [1.165, 1.54) is 12.1 Å². The molecule has 2 nitrogen and oxygen atoms in total. The van der Waals surface area contributed by atoms with Crippen LogP contribution in [0.4, 0.5) is 13.2 Å². The first-order chi connectivity index (χ1) is 8.41. The van der Waals surface area contributed by atoms with Crippen LogP contribution in [0, 0.1) is 6.92 Å². The van der Waals surface area contributed by atoms with Crippen LogP contribution >= 0.6 is 11.6 Å². The van der Waals surface area contributed by atoms with E-state index in [4.69, 9.17) is 11.6 Å². The van der Waals surface area contributed by atoms with Gasteiger partial charge in [-0.1, -0.05) is 0 Å². The number of hydrogen-bond donors (Lipinski definition) is 0. The zero-order chi connectivity index (χ0) is 13.3. The molecule has 0 amide bonds. The highest BCUT2D eigenvalue weighted by Crippen LogP contribution is 2.29. The third-order valence-corrected chi connectivity index (χ3v) is 2.79. The van der Waals surface area contributed by atoms with Gasteiger partial charge in [-0.3, -0.25) is 0 Å². The molecule has 0 aliphatic carbocycles. The average Bonchev–Trinajstić information content (AvgIpc) is 2.70. The molecule has 0 radical (unpaired) electrons. The summed E-state index contributed by atoms with van der Waals surface area (Å²) in [7, 11) is 0. The molecule has 18 heavy (non-hydrogen) atoms. The Morgan fingerprint density at radius 1 is 1.22 bits per heavy atom. The normalized spacial score (nSPS) is 11.8. The van der Waals surface area contributed by atoms with Crippen LogP contribution in [0.5, 0.6) is 0 Å². The molecule has 0 fully saturated rings. The number of rotatable bonds is 2. The SMILES string of the molecule is Cc1cc(CCl)nn1-c1ccc(C(F)(F)F)cc1. The second kappa shape index (κ2) is 4.65. The first kappa shape index (κ1) is 13.0. The Morgan fingerprint density at radius 3 is 2.28 bits per heavy atom. The molecule has 1 heterocycles. The average molecular weight is 275 g/mol. The third-order valence-electron chi connectivity index (χ3n) is 2.51. The van der Waals surface area contributed by atoms with Crippen LogP contribution in [-0.2, 0) is 12.1 Å². The van der Waals surface area contributed by atoms with E-state index in [1.807, 2.05) is 6.92 Å². The van der Waals surface area contributed by atoms with E-state index >= 15 is 0 Å². The van der Waals surface area contributed by atoms with E-state index in [1.54, 1.807) is 10.7 Å². The van der Waals surface area contributed by atoms with Gasteiger partial charge in [-0.15, -0.1) is 11.6 Å². The predicted octanol–water partition coefficient (Wildman–Crippen LogP) is 3.94. The maximum atomic E-state index is 12.4. The van der Waals surface area contributed by atoms with Crippen molar-refractivity contribution in [1.82, 2.24) is 9.78 Å². The zero-order valence-corrected chi connectivity index (χ0v) is 10.3. The van der Waals surface area contributed by atoms with E-state index in [2.05, 4.69) is 5.10 Å². The molecule has 1 aromatic carbocycles. The number of hydrogen-bond acceptors (Lipinski definition) is 1. The Labute approximate surface area is 107 Å². The van der Waals surface area contributed by atoms with E-state index in [0.29, 0.717) is 11.4 Å². The lowest BCUT2D eigenvalue weighted by Gasteiger charge is -2.08. The van der Waals surface area contributed by atoms with Gasteiger partial charge in [0.05, 0.1) is 22.8 Å². The highest BCUT2D eigenvalue weighted by molar-refractivity contribution is 6.16. The van der Waals surface area contributed by atoms with Crippen LogP contribution in [0.25, 0.3) is 5.69 Å². The summed E-state index contributed by atoms with van der Waals surface area (Å²) < 4.78 is 38.8. The van der Waals surface area contributed by atoms with Crippen molar-refractivity contribution in [2.45, 2.75) is 19.0 Å².